The number of anilines is 1. The zero-order valence-electron chi connectivity index (χ0n) is 12.1. The van der Waals surface area contributed by atoms with Crippen molar-refractivity contribution in [3.63, 3.8) is 0 Å². The summed E-state index contributed by atoms with van der Waals surface area (Å²) in [6, 6.07) is 6.08. The molecule has 0 bridgehead atoms. The number of rotatable bonds is 5. The van der Waals surface area contributed by atoms with Gasteiger partial charge in [0.1, 0.15) is 6.04 Å². The summed E-state index contributed by atoms with van der Waals surface area (Å²) in [5.74, 6) is 0.0220. The molecule has 0 aliphatic carbocycles. The molecule has 22 heavy (non-hydrogen) atoms. The Hall–Kier alpha value is -1.60. The molecule has 0 aliphatic heterocycles. The predicted octanol–water partition coefficient (Wildman–Crippen LogP) is 2.40. The lowest BCUT2D eigenvalue weighted by atomic mass is 10.3. The molecule has 0 fully saturated rings. The van der Waals surface area contributed by atoms with Crippen LogP contribution in [0.4, 0.5) is 5.82 Å². The molecule has 8 heteroatoms. The van der Waals surface area contributed by atoms with E-state index in [1.807, 2.05) is 6.92 Å². The minimum atomic E-state index is -0.755. The van der Waals surface area contributed by atoms with E-state index in [4.69, 9.17) is 33.7 Å². The van der Waals surface area contributed by atoms with Crippen molar-refractivity contribution in [3.05, 3.63) is 40.0 Å². The Morgan fingerprint density at radius 1 is 1.45 bits per heavy atom. The summed E-state index contributed by atoms with van der Waals surface area (Å²) in [6.45, 7) is 1.98. The standard InChI is InChI=1S/C14H16Cl2N4O2/c1-8-5-13(18-14(21)11(17)7-22-2)19-20(8)12-4-3-9(15)6-10(12)16/h3-6,11H,7,17H2,1-2H3,(H,18,19,21). The Balaban J connectivity index is 2.23. The average Bonchev–Trinajstić information content (AvgIpc) is 2.79. The highest BCUT2D eigenvalue weighted by molar-refractivity contribution is 6.35. The van der Waals surface area contributed by atoms with Gasteiger partial charge in [-0.2, -0.15) is 0 Å². The number of amides is 1. The molecule has 2 rings (SSSR count). The van der Waals surface area contributed by atoms with Crippen molar-refractivity contribution in [2.75, 3.05) is 19.0 Å². The third-order valence-corrected chi connectivity index (χ3v) is 3.50. The minimum absolute atomic E-state index is 0.133. The highest BCUT2D eigenvalue weighted by Crippen LogP contribution is 2.26. The first-order valence-electron chi connectivity index (χ1n) is 6.50. The van der Waals surface area contributed by atoms with Crippen LogP contribution in [-0.4, -0.2) is 35.4 Å². The summed E-state index contributed by atoms with van der Waals surface area (Å²) in [5, 5.41) is 7.96. The molecule has 1 amide bonds. The molecule has 1 heterocycles. The molecule has 1 aromatic heterocycles. The molecule has 0 saturated carbocycles. The van der Waals surface area contributed by atoms with Gasteiger partial charge in [-0.3, -0.25) is 4.79 Å². The third kappa shape index (κ3) is 3.78. The molecule has 6 nitrogen and oxygen atoms in total. The Morgan fingerprint density at radius 2 is 2.18 bits per heavy atom. The first-order chi connectivity index (χ1) is 10.4. The van der Waals surface area contributed by atoms with Crippen LogP contribution in [0, 0.1) is 6.92 Å². The van der Waals surface area contributed by atoms with Crippen molar-refractivity contribution >= 4 is 34.9 Å². The van der Waals surface area contributed by atoms with E-state index in [1.165, 1.54) is 7.11 Å². The molecule has 118 valence electrons. The number of nitrogens with one attached hydrogen (secondary N) is 1. The number of hydrogen-bond acceptors (Lipinski definition) is 4. The molecule has 3 N–H and O–H groups in total. The Bertz CT molecular complexity index is 687. The van der Waals surface area contributed by atoms with E-state index in [0.717, 1.165) is 5.69 Å². The van der Waals surface area contributed by atoms with Gasteiger partial charge in [0.15, 0.2) is 5.82 Å². The Kier molecular flexibility index (Phi) is 5.42. The molecule has 0 spiro atoms. The average molecular weight is 343 g/mol. The number of benzene rings is 1. The van der Waals surface area contributed by atoms with Gasteiger partial charge in [-0.05, 0) is 25.1 Å². The molecule has 0 saturated heterocycles. The number of ether oxygens (including phenoxy) is 1. The van der Waals surface area contributed by atoms with E-state index in [-0.39, 0.29) is 12.5 Å². The number of halogens is 2. The Labute approximate surface area is 138 Å². The van der Waals surface area contributed by atoms with Gasteiger partial charge < -0.3 is 15.8 Å². The van der Waals surface area contributed by atoms with E-state index < -0.39 is 6.04 Å². The largest absolute Gasteiger partial charge is 0.383 e. The molecule has 0 radical (unpaired) electrons. The maximum Gasteiger partial charge on any atom is 0.244 e. The van der Waals surface area contributed by atoms with Gasteiger partial charge in [-0.15, -0.1) is 5.10 Å². The van der Waals surface area contributed by atoms with Crippen LogP contribution >= 0.6 is 23.2 Å². The molecule has 1 aromatic carbocycles. The Morgan fingerprint density at radius 3 is 2.82 bits per heavy atom. The number of carbonyl (C=O) groups excluding carboxylic acids is 1. The monoisotopic (exact) mass is 342 g/mol. The molecule has 1 atom stereocenters. The summed E-state index contributed by atoms with van der Waals surface area (Å²) in [4.78, 5) is 11.9. The van der Waals surface area contributed by atoms with Crippen LogP contribution < -0.4 is 11.1 Å². The zero-order chi connectivity index (χ0) is 16.3. The molecule has 1 unspecified atom stereocenters. The van der Waals surface area contributed by atoms with Crippen molar-refractivity contribution in [1.29, 1.82) is 0 Å². The highest BCUT2D eigenvalue weighted by atomic mass is 35.5. The maximum absolute atomic E-state index is 11.9. The number of aromatic nitrogens is 2. The summed E-state index contributed by atoms with van der Waals surface area (Å²) in [6.07, 6.45) is 0. The molecule has 0 aliphatic rings. The van der Waals surface area contributed by atoms with Crippen molar-refractivity contribution < 1.29 is 9.53 Å². The van der Waals surface area contributed by atoms with E-state index in [0.29, 0.717) is 21.6 Å². The highest BCUT2D eigenvalue weighted by Gasteiger charge is 2.16. The van der Waals surface area contributed by atoms with Crippen molar-refractivity contribution in [1.82, 2.24) is 9.78 Å². The van der Waals surface area contributed by atoms with Crippen LogP contribution in [0.25, 0.3) is 5.69 Å². The van der Waals surface area contributed by atoms with E-state index in [1.54, 1.807) is 28.9 Å². The second kappa shape index (κ2) is 7.11. The SMILES string of the molecule is COCC(N)C(=O)Nc1cc(C)n(-c2ccc(Cl)cc2Cl)n1. The van der Waals surface area contributed by atoms with Crippen LogP contribution in [-0.2, 0) is 9.53 Å². The van der Waals surface area contributed by atoms with Crippen LogP contribution in [0.3, 0.4) is 0 Å². The fraction of sp³-hybridized carbons (Fsp3) is 0.286. The van der Waals surface area contributed by atoms with Gasteiger partial charge >= 0.3 is 0 Å². The zero-order valence-corrected chi connectivity index (χ0v) is 13.6. The summed E-state index contributed by atoms with van der Waals surface area (Å²) in [5.41, 5.74) is 7.14. The molecular formula is C14H16Cl2N4O2. The molecular weight excluding hydrogens is 327 g/mol. The lowest BCUT2D eigenvalue weighted by Gasteiger charge is -2.09. The van der Waals surface area contributed by atoms with Gasteiger partial charge in [-0.1, -0.05) is 23.2 Å². The van der Waals surface area contributed by atoms with E-state index in [2.05, 4.69) is 10.4 Å². The van der Waals surface area contributed by atoms with Crippen LogP contribution in [0.5, 0.6) is 0 Å². The predicted molar refractivity (Wildman–Crippen MR) is 86.8 cm³/mol. The van der Waals surface area contributed by atoms with Gasteiger partial charge in [0.2, 0.25) is 5.91 Å². The normalized spacial score (nSPS) is 12.2. The van der Waals surface area contributed by atoms with E-state index >= 15 is 0 Å². The van der Waals surface area contributed by atoms with Gasteiger partial charge in [0, 0.05) is 23.9 Å². The topological polar surface area (TPSA) is 82.2 Å². The van der Waals surface area contributed by atoms with Crippen LogP contribution in [0.2, 0.25) is 10.0 Å². The van der Waals surface area contributed by atoms with Crippen LogP contribution in [0.15, 0.2) is 24.3 Å². The summed E-state index contributed by atoms with van der Waals surface area (Å²) >= 11 is 12.1. The first-order valence-corrected chi connectivity index (χ1v) is 7.25. The number of methoxy groups -OCH3 is 1. The maximum atomic E-state index is 11.9. The summed E-state index contributed by atoms with van der Waals surface area (Å²) < 4.78 is 6.47. The van der Waals surface area contributed by atoms with E-state index in [9.17, 15) is 4.79 Å². The number of hydrogen-bond donors (Lipinski definition) is 2. The lowest BCUT2D eigenvalue weighted by molar-refractivity contribution is -0.118. The fourth-order valence-corrected chi connectivity index (χ4v) is 2.40. The minimum Gasteiger partial charge on any atom is -0.383 e. The van der Waals surface area contributed by atoms with Gasteiger partial charge in [0.05, 0.1) is 17.3 Å². The molecule has 2 aromatic rings. The number of nitrogens with two attached hydrogens (primary N) is 1. The van der Waals surface area contributed by atoms with Gasteiger partial charge in [-0.25, -0.2) is 4.68 Å². The van der Waals surface area contributed by atoms with Gasteiger partial charge in [0.25, 0.3) is 0 Å². The fourth-order valence-electron chi connectivity index (χ4n) is 1.91. The third-order valence-electron chi connectivity index (χ3n) is 2.96. The number of aryl methyl sites for hydroxylation is 1. The van der Waals surface area contributed by atoms with Crippen molar-refractivity contribution in [3.8, 4) is 5.69 Å². The quantitative estimate of drug-likeness (QED) is 0.873. The summed E-state index contributed by atoms with van der Waals surface area (Å²) in [7, 11) is 1.48. The van der Waals surface area contributed by atoms with Crippen molar-refractivity contribution in [2.24, 2.45) is 5.73 Å². The number of carbonyl (C=O) groups is 1. The smallest absolute Gasteiger partial charge is 0.244 e. The number of nitrogens with zero attached hydrogens (tertiary/aromatic N) is 2. The second-order valence-electron chi connectivity index (χ2n) is 4.73. The second-order valence-corrected chi connectivity index (χ2v) is 5.57. The van der Waals surface area contributed by atoms with Crippen LogP contribution in [0.1, 0.15) is 5.69 Å². The lowest BCUT2D eigenvalue weighted by Crippen LogP contribution is -2.39. The first kappa shape index (κ1) is 16.8. The van der Waals surface area contributed by atoms with Crippen molar-refractivity contribution in [2.45, 2.75) is 13.0 Å².